The maximum Gasteiger partial charge on any atom is 0.343 e. The van der Waals surface area contributed by atoms with Crippen LogP contribution in [-0.4, -0.2) is 98.5 Å². The van der Waals surface area contributed by atoms with Gasteiger partial charge in [0.15, 0.2) is 32.9 Å². The minimum atomic E-state index is -3.32. The molecule has 4 aromatic heterocycles. The van der Waals surface area contributed by atoms with Crippen LogP contribution in [0.15, 0.2) is 143 Å². The van der Waals surface area contributed by atoms with Crippen molar-refractivity contribution < 1.29 is 50.8 Å². The normalized spacial score (nSPS) is 11.1. The first-order valence-corrected chi connectivity index (χ1v) is 25.7. The number of hydrogen-bond acceptors (Lipinski definition) is 14. The summed E-state index contributed by atoms with van der Waals surface area (Å²) in [5.74, 6) is -1.24. The molecule has 0 saturated heterocycles. The Morgan fingerprint density at radius 3 is 1.37 bits per heavy atom. The molecule has 0 fully saturated rings. The molecule has 15 nitrogen and oxygen atoms in total. The first-order valence-electron chi connectivity index (χ1n) is 19.5. The standard InChI is InChI=1S/C23H19ClN2O5S2.C22H17ClN2O5S2.CH4O/c1-30-23(27)14-31-22-13-19(26(25-22)18-9-4-3-8-17(18)24)21-11-10-20(32-21)15-6-5-7-16(12-15)33(2,28)29;1-32(28,29)15-6-4-5-14(11-15)19-9-10-20(31-19)18-12-21(30-13-22(26)27)24-25(18)17-8-3-2-7-16(17)23;1-2/h3-13H,14H2,1-2H3;2-12H,13H2,1H3,(H,26,27);2H,1H3. The van der Waals surface area contributed by atoms with Crippen molar-refractivity contribution in [3.05, 3.63) is 144 Å². The summed E-state index contributed by atoms with van der Waals surface area (Å²) in [4.78, 5) is 26.3. The lowest BCUT2D eigenvalue weighted by molar-refractivity contribution is -0.143. The lowest BCUT2D eigenvalue weighted by atomic mass is 10.2. The van der Waals surface area contributed by atoms with Crippen molar-refractivity contribution in [1.29, 1.82) is 0 Å². The predicted octanol–water partition coefficient (Wildman–Crippen LogP) is 9.27. The Bertz CT molecular complexity index is 3270. The van der Waals surface area contributed by atoms with E-state index in [1.165, 1.54) is 42.3 Å². The summed E-state index contributed by atoms with van der Waals surface area (Å²) < 4.78 is 66.4. The molecular formula is C46H40Cl2N4O11S4. The maximum absolute atomic E-state index is 11.9. The number of aliphatic carboxylic acids is 1. The van der Waals surface area contributed by atoms with Crippen LogP contribution in [0, 0.1) is 0 Å². The van der Waals surface area contributed by atoms with E-state index >= 15 is 0 Å². The summed E-state index contributed by atoms with van der Waals surface area (Å²) >= 11 is 15.7. The van der Waals surface area contributed by atoms with Crippen LogP contribution in [0.25, 0.3) is 53.4 Å². The lowest BCUT2D eigenvalue weighted by Gasteiger charge is -2.07. The number of esters is 1. The molecule has 21 heteroatoms. The number of ether oxygens (including phenoxy) is 3. The van der Waals surface area contributed by atoms with E-state index in [-0.39, 0.29) is 28.2 Å². The number of halogens is 2. The zero-order valence-electron chi connectivity index (χ0n) is 35.9. The van der Waals surface area contributed by atoms with Crippen molar-refractivity contribution in [2.45, 2.75) is 9.79 Å². The number of aliphatic hydroxyl groups excluding tert-OH is 1. The van der Waals surface area contributed by atoms with E-state index < -0.39 is 38.2 Å². The van der Waals surface area contributed by atoms with Gasteiger partial charge in [0.25, 0.3) is 0 Å². The number of methoxy groups -OCH3 is 1. The highest BCUT2D eigenvalue weighted by Crippen LogP contribution is 2.40. The van der Waals surface area contributed by atoms with Gasteiger partial charge >= 0.3 is 11.9 Å². The molecule has 0 radical (unpaired) electrons. The van der Waals surface area contributed by atoms with Crippen LogP contribution in [0.1, 0.15) is 0 Å². The maximum atomic E-state index is 11.9. The number of aromatic nitrogens is 4. The molecule has 0 amide bonds. The number of carbonyl (C=O) groups excluding carboxylic acids is 1. The van der Waals surface area contributed by atoms with Gasteiger partial charge in [0.1, 0.15) is 0 Å². The monoisotopic (exact) mass is 1020 g/mol. The summed E-state index contributed by atoms with van der Waals surface area (Å²) in [7, 11) is -4.36. The number of nitrogens with zero attached hydrogens (tertiary/aromatic N) is 4. The molecule has 0 unspecified atom stereocenters. The first kappa shape index (κ1) is 50.1. The topological polar surface area (TPSA) is 206 Å². The SMILES string of the molecule is CO.COC(=O)COc1cc(-c2ccc(-c3cccc(S(C)(=O)=O)c3)s2)n(-c2ccccc2Cl)n1.CS(=O)(=O)c1cccc(-c2ccc(-c3cc(OCC(=O)O)nn3-c3ccccc3Cl)s2)c1. The van der Waals surface area contributed by atoms with Gasteiger partial charge in [-0.1, -0.05) is 71.7 Å². The summed E-state index contributed by atoms with van der Waals surface area (Å²) in [6.45, 7) is -0.795. The summed E-state index contributed by atoms with van der Waals surface area (Å²) in [6, 6.07) is 38.9. The highest BCUT2D eigenvalue weighted by atomic mass is 35.5. The smallest absolute Gasteiger partial charge is 0.343 e. The molecule has 8 rings (SSSR count). The summed E-state index contributed by atoms with van der Waals surface area (Å²) in [5, 5.41) is 25.8. The minimum Gasteiger partial charge on any atom is -0.479 e. The Morgan fingerprint density at radius 1 is 0.582 bits per heavy atom. The van der Waals surface area contributed by atoms with Crippen molar-refractivity contribution in [2.24, 2.45) is 0 Å². The molecule has 0 aliphatic rings. The quantitative estimate of drug-likeness (QED) is 0.0976. The zero-order valence-corrected chi connectivity index (χ0v) is 40.6. The molecule has 0 atom stereocenters. The molecule has 0 spiro atoms. The van der Waals surface area contributed by atoms with E-state index in [0.29, 0.717) is 32.8 Å². The van der Waals surface area contributed by atoms with Crippen LogP contribution in [0.3, 0.4) is 0 Å². The molecular weight excluding hydrogens is 984 g/mol. The highest BCUT2D eigenvalue weighted by Gasteiger charge is 2.20. The van der Waals surface area contributed by atoms with Crippen LogP contribution in [-0.2, 0) is 34.0 Å². The second-order valence-corrected chi connectivity index (χ2v) is 21.0. The van der Waals surface area contributed by atoms with Crippen molar-refractivity contribution in [3.63, 3.8) is 0 Å². The van der Waals surface area contributed by atoms with E-state index in [9.17, 15) is 26.4 Å². The van der Waals surface area contributed by atoms with E-state index in [1.54, 1.807) is 82.2 Å². The number of carboxylic acid groups (broad SMARTS) is 1. The zero-order chi connectivity index (χ0) is 48.5. The Balaban J connectivity index is 0.000000213. The number of hydrogen-bond donors (Lipinski definition) is 2. The number of aliphatic hydroxyl groups is 1. The average molecular weight is 1020 g/mol. The molecule has 4 aromatic carbocycles. The third-order valence-corrected chi connectivity index (χ3v) is 14.4. The van der Waals surface area contributed by atoms with Crippen molar-refractivity contribution in [2.75, 3.05) is 39.9 Å². The number of carbonyl (C=O) groups is 2. The molecule has 2 N–H and O–H groups in total. The fourth-order valence-corrected chi connectivity index (χ4v) is 9.95. The summed E-state index contributed by atoms with van der Waals surface area (Å²) in [6.07, 6.45) is 2.36. The molecule has 8 aromatic rings. The van der Waals surface area contributed by atoms with Gasteiger partial charge in [-0.25, -0.2) is 35.8 Å². The molecule has 0 aliphatic heterocycles. The van der Waals surface area contributed by atoms with Crippen LogP contribution < -0.4 is 9.47 Å². The van der Waals surface area contributed by atoms with E-state index in [2.05, 4.69) is 14.9 Å². The molecule has 67 heavy (non-hydrogen) atoms. The molecule has 348 valence electrons. The van der Waals surface area contributed by atoms with Gasteiger partial charge in [-0.15, -0.1) is 32.9 Å². The number of carboxylic acids is 1. The fraction of sp³-hybridized carbons (Fsp3) is 0.130. The van der Waals surface area contributed by atoms with Gasteiger partial charge < -0.3 is 24.4 Å². The second-order valence-electron chi connectivity index (χ2n) is 13.9. The Morgan fingerprint density at radius 2 is 0.985 bits per heavy atom. The summed E-state index contributed by atoms with van der Waals surface area (Å²) in [5.41, 5.74) is 4.20. The van der Waals surface area contributed by atoms with Gasteiger partial charge in [0, 0.05) is 41.5 Å². The fourth-order valence-electron chi connectivity index (χ4n) is 6.17. The van der Waals surface area contributed by atoms with Crippen LogP contribution >= 0.6 is 45.9 Å². The van der Waals surface area contributed by atoms with Gasteiger partial charge in [-0.3, -0.25) is 0 Å². The van der Waals surface area contributed by atoms with Gasteiger partial charge in [0.05, 0.1) is 59.5 Å². The Kier molecular flexibility index (Phi) is 16.4. The van der Waals surface area contributed by atoms with E-state index in [0.717, 1.165) is 37.7 Å². The van der Waals surface area contributed by atoms with Gasteiger partial charge in [-0.2, -0.15) is 0 Å². The first-order chi connectivity index (χ1) is 32.0. The van der Waals surface area contributed by atoms with E-state index in [1.807, 2.05) is 60.7 Å². The number of para-hydroxylation sites is 2. The van der Waals surface area contributed by atoms with E-state index in [4.69, 9.17) is 42.9 Å². The van der Waals surface area contributed by atoms with Gasteiger partial charge in [0.2, 0.25) is 11.8 Å². The van der Waals surface area contributed by atoms with Crippen LogP contribution in [0.4, 0.5) is 0 Å². The van der Waals surface area contributed by atoms with Crippen molar-refractivity contribution in [1.82, 2.24) is 19.6 Å². The number of thiophene rings is 2. The molecule has 0 bridgehead atoms. The molecule has 4 heterocycles. The number of rotatable bonds is 14. The Labute approximate surface area is 403 Å². The molecule has 0 aliphatic carbocycles. The average Bonchev–Trinajstić information content (AvgIpc) is 4.15. The molecule has 0 saturated carbocycles. The lowest BCUT2D eigenvalue weighted by Crippen LogP contribution is -2.12. The van der Waals surface area contributed by atoms with Crippen LogP contribution in [0.2, 0.25) is 10.0 Å². The predicted molar refractivity (Wildman–Crippen MR) is 260 cm³/mol. The van der Waals surface area contributed by atoms with Crippen molar-refractivity contribution >= 4 is 77.5 Å². The minimum absolute atomic E-state index is 0.149. The van der Waals surface area contributed by atoms with Crippen molar-refractivity contribution in [3.8, 4) is 65.2 Å². The van der Waals surface area contributed by atoms with Crippen LogP contribution in [0.5, 0.6) is 11.8 Å². The highest BCUT2D eigenvalue weighted by molar-refractivity contribution is 7.91. The number of benzene rings is 4. The largest absolute Gasteiger partial charge is 0.479 e. The second kappa shape index (κ2) is 22.0. The third-order valence-electron chi connectivity index (χ3n) is 9.25. The van der Waals surface area contributed by atoms with Gasteiger partial charge in [-0.05, 0) is 83.9 Å². The number of sulfone groups is 2. The third kappa shape index (κ3) is 12.6. The Hall–Kier alpha value is -6.32.